The van der Waals surface area contributed by atoms with E-state index in [1.54, 1.807) is 6.92 Å². The van der Waals surface area contributed by atoms with Gasteiger partial charge in [-0.2, -0.15) is 0 Å². The number of nitrogens with two attached hydrogens (primary N) is 1. The van der Waals surface area contributed by atoms with Crippen LogP contribution in [0.5, 0.6) is 0 Å². The Kier molecular flexibility index (Phi) is 2.95. The number of rotatable bonds is 0. The highest BCUT2D eigenvalue weighted by Gasteiger charge is 1.78. The van der Waals surface area contributed by atoms with Gasteiger partial charge in [-0.3, -0.25) is 0 Å². The van der Waals surface area contributed by atoms with E-state index in [0.717, 1.165) is 0 Å². The largest absolute Gasteiger partial charge is 0.387 e. The number of nitrogens with zero attached hydrogens (tertiary/aromatic N) is 1. The molecule has 0 unspecified atom stereocenters. The summed E-state index contributed by atoms with van der Waals surface area (Å²) in [6.07, 6.45) is 0. The molecular weight excluding hydrogens is 128 g/mol. The van der Waals surface area contributed by atoms with Crippen LogP contribution >= 0.6 is 24.8 Å². The van der Waals surface area contributed by atoms with Crippen molar-refractivity contribution in [3.8, 4) is 0 Å². The Hall–Kier alpha value is -0.0900. The first-order chi connectivity index (χ1) is 3.13. The fraction of sp³-hybridized carbons (Fsp3) is 0.333. The lowest BCUT2D eigenvalue weighted by Gasteiger charge is -1.83. The van der Waals surface area contributed by atoms with Gasteiger partial charge in [-0.25, -0.2) is 4.99 Å². The first-order valence-corrected chi connectivity index (χ1v) is 2.52. The van der Waals surface area contributed by atoms with E-state index in [-0.39, 0.29) is 4.32 Å². The molecule has 0 saturated carbocycles. The molecular formula is C3H6N2S2. The van der Waals surface area contributed by atoms with Crippen LogP contribution in [0.1, 0.15) is 6.92 Å². The standard InChI is InChI=1S/C3H6N2S2/c1-2(4)5-3(6)7/h1H3,(H3,4,5,6,7). The van der Waals surface area contributed by atoms with E-state index in [4.69, 9.17) is 5.73 Å². The first kappa shape index (κ1) is 6.91. The Labute approximate surface area is 53.2 Å². The van der Waals surface area contributed by atoms with Crippen molar-refractivity contribution in [2.45, 2.75) is 6.92 Å². The zero-order valence-electron chi connectivity index (χ0n) is 3.88. The molecule has 0 rings (SSSR count). The van der Waals surface area contributed by atoms with Gasteiger partial charge in [0.25, 0.3) is 0 Å². The van der Waals surface area contributed by atoms with Crippen LogP contribution in [0.3, 0.4) is 0 Å². The van der Waals surface area contributed by atoms with Crippen LogP contribution in [0.25, 0.3) is 0 Å². The van der Waals surface area contributed by atoms with Gasteiger partial charge in [0.05, 0.1) is 5.84 Å². The van der Waals surface area contributed by atoms with Gasteiger partial charge in [0, 0.05) is 0 Å². The Morgan fingerprint density at radius 3 is 2.29 bits per heavy atom. The van der Waals surface area contributed by atoms with E-state index in [1.165, 1.54) is 0 Å². The molecule has 0 aromatic carbocycles. The molecule has 2 nitrogen and oxygen atoms in total. The SMILES string of the molecule is CC(N)=NC(=S)S. The van der Waals surface area contributed by atoms with Gasteiger partial charge in [-0.15, -0.1) is 12.6 Å². The van der Waals surface area contributed by atoms with Gasteiger partial charge in [0.15, 0.2) is 4.32 Å². The minimum Gasteiger partial charge on any atom is -0.387 e. The Morgan fingerprint density at radius 2 is 2.29 bits per heavy atom. The first-order valence-electron chi connectivity index (χ1n) is 1.66. The molecule has 0 atom stereocenters. The fourth-order valence-corrected chi connectivity index (χ4v) is 0.453. The average Bonchev–Trinajstić information content (AvgIpc) is 1.27. The van der Waals surface area contributed by atoms with E-state index in [9.17, 15) is 0 Å². The third-order valence-corrected chi connectivity index (χ3v) is 0.463. The van der Waals surface area contributed by atoms with E-state index in [2.05, 4.69) is 29.8 Å². The predicted molar refractivity (Wildman–Crippen MR) is 38.9 cm³/mol. The highest BCUT2D eigenvalue weighted by Crippen LogP contribution is 1.83. The maximum atomic E-state index is 5.11. The van der Waals surface area contributed by atoms with Crippen molar-refractivity contribution in [2.24, 2.45) is 10.7 Å². The van der Waals surface area contributed by atoms with Crippen molar-refractivity contribution in [1.29, 1.82) is 0 Å². The van der Waals surface area contributed by atoms with Gasteiger partial charge in [0.1, 0.15) is 0 Å². The topological polar surface area (TPSA) is 38.4 Å². The van der Waals surface area contributed by atoms with E-state index >= 15 is 0 Å². The number of aliphatic imine (C=N–C) groups is 1. The van der Waals surface area contributed by atoms with Crippen LogP contribution in [-0.2, 0) is 0 Å². The second-order valence-corrected chi connectivity index (χ2v) is 2.15. The van der Waals surface area contributed by atoms with E-state index in [0.29, 0.717) is 5.84 Å². The summed E-state index contributed by atoms with van der Waals surface area (Å²) in [5.41, 5.74) is 5.11. The molecule has 0 amide bonds. The number of hydrogen-bond donors (Lipinski definition) is 2. The van der Waals surface area contributed by atoms with Crippen LogP contribution in [0, 0.1) is 0 Å². The van der Waals surface area contributed by atoms with Crippen LogP contribution in [0.15, 0.2) is 4.99 Å². The average molecular weight is 134 g/mol. The summed E-state index contributed by atoms with van der Waals surface area (Å²) in [6.45, 7) is 1.66. The lowest BCUT2D eigenvalue weighted by molar-refractivity contribution is 1.57. The van der Waals surface area contributed by atoms with Crippen molar-refractivity contribution in [1.82, 2.24) is 0 Å². The van der Waals surface area contributed by atoms with Crippen molar-refractivity contribution >= 4 is 35.0 Å². The highest BCUT2D eigenvalue weighted by molar-refractivity contribution is 8.11. The van der Waals surface area contributed by atoms with Crippen LogP contribution in [0.4, 0.5) is 0 Å². The molecule has 7 heavy (non-hydrogen) atoms. The molecule has 0 aliphatic rings. The molecule has 0 radical (unpaired) electrons. The summed E-state index contributed by atoms with van der Waals surface area (Å²) in [4.78, 5) is 3.57. The molecule has 0 spiro atoms. The maximum Gasteiger partial charge on any atom is 0.158 e. The zero-order chi connectivity index (χ0) is 5.86. The molecule has 2 N–H and O–H groups in total. The second-order valence-electron chi connectivity index (χ2n) is 1.04. The summed E-state index contributed by atoms with van der Waals surface area (Å²) in [7, 11) is 0. The summed E-state index contributed by atoms with van der Waals surface area (Å²) < 4.78 is 0.278. The van der Waals surface area contributed by atoms with Crippen LogP contribution in [0.2, 0.25) is 0 Å². The van der Waals surface area contributed by atoms with Crippen molar-refractivity contribution in [3.05, 3.63) is 0 Å². The lowest BCUT2D eigenvalue weighted by Crippen LogP contribution is -2.05. The fourth-order valence-electron chi connectivity index (χ4n) is 0.151. The molecule has 0 aromatic rings. The number of thiocarbonyl (C=S) groups is 1. The Balaban J connectivity index is 3.68. The summed E-state index contributed by atoms with van der Waals surface area (Å²) in [5.74, 6) is 0.444. The quantitative estimate of drug-likeness (QED) is 0.220. The minimum absolute atomic E-state index is 0.278. The second kappa shape index (κ2) is 2.98. The smallest absolute Gasteiger partial charge is 0.158 e. The van der Waals surface area contributed by atoms with Crippen LogP contribution in [-0.4, -0.2) is 10.2 Å². The number of thiol groups is 1. The summed E-state index contributed by atoms with van der Waals surface area (Å²) in [5, 5.41) is 0. The molecule has 0 aromatic heterocycles. The molecule has 40 valence electrons. The van der Waals surface area contributed by atoms with Gasteiger partial charge >= 0.3 is 0 Å². The zero-order valence-corrected chi connectivity index (χ0v) is 5.59. The summed E-state index contributed by atoms with van der Waals surface area (Å²) >= 11 is 8.17. The molecule has 0 heterocycles. The maximum absolute atomic E-state index is 5.11. The van der Waals surface area contributed by atoms with Gasteiger partial charge in [-0.05, 0) is 6.92 Å². The van der Waals surface area contributed by atoms with E-state index in [1.807, 2.05) is 0 Å². The molecule has 4 heteroatoms. The third-order valence-electron chi connectivity index (χ3n) is 0.272. The third kappa shape index (κ3) is 5.91. The Bertz CT molecular complexity index is 104. The van der Waals surface area contributed by atoms with Crippen molar-refractivity contribution in [3.63, 3.8) is 0 Å². The minimum atomic E-state index is 0.278. The summed E-state index contributed by atoms with van der Waals surface area (Å²) in [6, 6.07) is 0. The van der Waals surface area contributed by atoms with Crippen LogP contribution < -0.4 is 5.73 Å². The normalized spacial score (nSPS) is 11.4. The lowest BCUT2D eigenvalue weighted by atomic mass is 10.7. The number of amidine groups is 1. The molecule has 0 bridgehead atoms. The van der Waals surface area contributed by atoms with Gasteiger partial charge < -0.3 is 5.73 Å². The molecule has 0 aliphatic carbocycles. The predicted octanol–water partition coefficient (Wildman–Crippen LogP) is 0.578. The Morgan fingerprint density at radius 1 is 1.86 bits per heavy atom. The molecule has 0 saturated heterocycles. The van der Waals surface area contributed by atoms with Gasteiger partial charge in [-0.1, -0.05) is 12.2 Å². The molecule has 0 aliphatic heterocycles. The van der Waals surface area contributed by atoms with Gasteiger partial charge in [0.2, 0.25) is 0 Å². The number of hydrogen-bond acceptors (Lipinski definition) is 1. The highest BCUT2D eigenvalue weighted by atomic mass is 32.1. The van der Waals surface area contributed by atoms with Crippen molar-refractivity contribution in [2.75, 3.05) is 0 Å². The van der Waals surface area contributed by atoms with Crippen molar-refractivity contribution < 1.29 is 0 Å². The monoisotopic (exact) mass is 134 g/mol. The van der Waals surface area contributed by atoms with E-state index < -0.39 is 0 Å². The molecule has 0 fully saturated rings.